The highest BCUT2D eigenvalue weighted by atomic mass is 19.3. The van der Waals surface area contributed by atoms with Crippen LogP contribution in [0.3, 0.4) is 0 Å². The van der Waals surface area contributed by atoms with Crippen molar-refractivity contribution in [1.29, 1.82) is 5.26 Å². The number of hydrogen-bond acceptors (Lipinski definition) is 2. The van der Waals surface area contributed by atoms with Crippen molar-refractivity contribution in [3.63, 3.8) is 0 Å². The van der Waals surface area contributed by atoms with Crippen molar-refractivity contribution in [2.75, 3.05) is 6.61 Å². The summed E-state index contributed by atoms with van der Waals surface area (Å²) in [5, 5.41) is 8.89. The van der Waals surface area contributed by atoms with Crippen LogP contribution in [-0.4, -0.2) is 12.5 Å². The third-order valence-corrected chi connectivity index (χ3v) is 6.63. The van der Waals surface area contributed by atoms with Gasteiger partial charge in [0.25, 0.3) is 5.92 Å². The van der Waals surface area contributed by atoms with E-state index in [9.17, 15) is 8.78 Å². The Balaban J connectivity index is 1.43. The first-order valence-electron chi connectivity index (χ1n) is 8.76. The summed E-state index contributed by atoms with van der Waals surface area (Å²) in [6.07, 6.45) is 0.836. The van der Waals surface area contributed by atoms with Gasteiger partial charge >= 0.3 is 0 Å². The monoisotopic (exact) mass is 373 g/mol. The van der Waals surface area contributed by atoms with Crippen molar-refractivity contribution in [3.05, 3.63) is 70.8 Å². The number of epoxide rings is 1. The molecule has 0 spiro atoms. The van der Waals surface area contributed by atoms with Gasteiger partial charge in [0.2, 0.25) is 0 Å². The molecule has 1 aliphatic heterocycles. The van der Waals surface area contributed by atoms with Gasteiger partial charge in [0.05, 0.1) is 18.2 Å². The molecular weight excluding hydrogens is 358 g/mol. The molecule has 6 rings (SSSR count). The van der Waals surface area contributed by atoms with E-state index in [1.165, 1.54) is 0 Å². The zero-order valence-electron chi connectivity index (χ0n) is 14.2. The highest BCUT2D eigenvalue weighted by Crippen LogP contribution is 2.81. The molecule has 3 aliphatic carbocycles. The van der Waals surface area contributed by atoms with Crippen LogP contribution in [0.1, 0.15) is 36.0 Å². The molecule has 27 heavy (non-hydrogen) atoms. The second-order valence-corrected chi connectivity index (χ2v) is 8.09. The Morgan fingerprint density at radius 2 is 1.63 bits per heavy atom. The zero-order chi connectivity index (χ0) is 19.1. The fourth-order valence-corrected chi connectivity index (χ4v) is 5.14. The minimum absolute atomic E-state index is 0.279. The minimum Gasteiger partial charge on any atom is -0.358 e. The lowest BCUT2D eigenvalue weighted by Gasteiger charge is -2.73. The Morgan fingerprint density at radius 3 is 2.19 bits per heavy atom. The molecule has 1 unspecified atom stereocenters. The summed E-state index contributed by atoms with van der Waals surface area (Å²) < 4.78 is 63.8. The van der Waals surface area contributed by atoms with Crippen LogP contribution in [0.15, 0.2) is 42.5 Å². The quantitative estimate of drug-likeness (QED) is 0.569. The molecule has 4 fully saturated rings. The van der Waals surface area contributed by atoms with Crippen LogP contribution in [0, 0.1) is 28.4 Å². The van der Waals surface area contributed by atoms with E-state index >= 15 is 8.78 Å². The Morgan fingerprint density at radius 1 is 1.00 bits per heavy atom. The molecule has 2 aromatic rings. The summed E-state index contributed by atoms with van der Waals surface area (Å²) in [5.74, 6) is -4.92. The zero-order valence-corrected chi connectivity index (χ0v) is 14.2. The number of ether oxygens (including phenoxy) is 1. The second-order valence-electron chi connectivity index (χ2n) is 8.09. The van der Waals surface area contributed by atoms with Crippen LogP contribution in [0.4, 0.5) is 17.6 Å². The summed E-state index contributed by atoms with van der Waals surface area (Å²) >= 11 is 0. The van der Waals surface area contributed by atoms with Crippen molar-refractivity contribution in [3.8, 4) is 6.07 Å². The standard InChI is InChI=1S/C21H15F4NO/c22-15-5-6-17(23)16(7-15)20(12-27-20)21(24,25)19-9-18(10-19,11-19)14-3-1-13(8-26)2-4-14/h1-7H,9-12H2. The first-order chi connectivity index (χ1) is 12.8. The lowest BCUT2D eigenvalue weighted by Crippen LogP contribution is -2.74. The van der Waals surface area contributed by atoms with Crippen molar-refractivity contribution in [1.82, 2.24) is 0 Å². The van der Waals surface area contributed by atoms with E-state index in [2.05, 4.69) is 0 Å². The fraction of sp³-hybridized carbons (Fsp3) is 0.381. The SMILES string of the molecule is N#Cc1ccc(C23CC(C(F)(F)C4(c5cc(F)ccc5F)CO4)(C2)C3)cc1. The second kappa shape index (κ2) is 4.90. The van der Waals surface area contributed by atoms with E-state index in [0.717, 1.165) is 23.8 Å². The van der Waals surface area contributed by atoms with Crippen LogP contribution in [0.2, 0.25) is 0 Å². The Labute approximate surface area is 153 Å². The third-order valence-electron chi connectivity index (χ3n) is 6.63. The number of rotatable bonds is 4. The maximum absolute atomic E-state index is 15.5. The molecule has 1 atom stereocenters. The molecule has 2 aromatic carbocycles. The van der Waals surface area contributed by atoms with Gasteiger partial charge in [-0.3, -0.25) is 0 Å². The molecule has 138 valence electrons. The van der Waals surface area contributed by atoms with Gasteiger partial charge in [0.1, 0.15) is 11.6 Å². The van der Waals surface area contributed by atoms with Crippen LogP contribution >= 0.6 is 0 Å². The van der Waals surface area contributed by atoms with Gasteiger partial charge in [-0.25, -0.2) is 17.6 Å². The number of nitrogens with zero attached hydrogens (tertiary/aromatic N) is 1. The highest BCUT2D eigenvalue weighted by Gasteiger charge is 2.85. The van der Waals surface area contributed by atoms with Crippen molar-refractivity contribution in [2.45, 2.75) is 36.2 Å². The van der Waals surface area contributed by atoms with Crippen LogP contribution in [-0.2, 0) is 15.8 Å². The Kier molecular flexibility index (Phi) is 3.04. The van der Waals surface area contributed by atoms with Gasteiger partial charge < -0.3 is 4.74 Å². The lowest BCUT2D eigenvalue weighted by atomic mass is 9.31. The summed E-state index contributed by atoms with van der Waals surface area (Å²) in [4.78, 5) is 0. The summed E-state index contributed by atoms with van der Waals surface area (Å²) in [5.41, 5.74) is -2.57. The predicted octanol–water partition coefficient (Wildman–Crippen LogP) is 4.82. The number of alkyl halides is 2. The molecule has 6 heteroatoms. The third kappa shape index (κ3) is 1.93. The highest BCUT2D eigenvalue weighted by molar-refractivity contribution is 5.46. The number of benzene rings is 2. The minimum atomic E-state index is -3.29. The largest absolute Gasteiger partial charge is 0.358 e. The predicted molar refractivity (Wildman–Crippen MR) is 88.1 cm³/mol. The molecular formula is C21H15F4NO. The van der Waals surface area contributed by atoms with Gasteiger partial charge in [0.15, 0.2) is 5.60 Å². The van der Waals surface area contributed by atoms with E-state index in [-0.39, 0.29) is 31.3 Å². The maximum Gasteiger partial charge on any atom is 0.288 e. The molecule has 2 bridgehead atoms. The van der Waals surface area contributed by atoms with Crippen molar-refractivity contribution >= 4 is 0 Å². The summed E-state index contributed by atoms with van der Waals surface area (Å²) in [6, 6.07) is 11.6. The molecule has 0 aromatic heterocycles. The van der Waals surface area contributed by atoms with E-state index in [4.69, 9.17) is 10.00 Å². The Hall–Kier alpha value is -2.39. The lowest BCUT2D eigenvalue weighted by molar-refractivity contribution is -0.306. The molecule has 1 saturated heterocycles. The molecule has 2 nitrogen and oxygen atoms in total. The number of halogens is 4. The smallest absolute Gasteiger partial charge is 0.288 e. The van der Waals surface area contributed by atoms with Gasteiger partial charge in [-0.05, 0) is 60.6 Å². The van der Waals surface area contributed by atoms with Crippen LogP contribution in [0.25, 0.3) is 0 Å². The molecule has 0 radical (unpaired) electrons. The molecule has 4 aliphatic rings. The first-order valence-corrected chi connectivity index (χ1v) is 8.76. The van der Waals surface area contributed by atoms with Gasteiger partial charge in [-0.15, -0.1) is 0 Å². The number of hydrogen-bond donors (Lipinski definition) is 0. The summed E-state index contributed by atoms with van der Waals surface area (Å²) in [6.45, 7) is -0.314. The van der Waals surface area contributed by atoms with Gasteiger partial charge in [0, 0.05) is 11.0 Å². The summed E-state index contributed by atoms with van der Waals surface area (Å²) in [7, 11) is 0. The Bertz CT molecular complexity index is 968. The molecule has 0 N–H and O–H groups in total. The van der Waals surface area contributed by atoms with Crippen LogP contribution < -0.4 is 0 Å². The molecule has 1 heterocycles. The topological polar surface area (TPSA) is 36.3 Å². The normalized spacial score (nSPS) is 33.6. The van der Waals surface area contributed by atoms with E-state index in [0.29, 0.717) is 5.56 Å². The fourth-order valence-electron chi connectivity index (χ4n) is 5.14. The van der Waals surface area contributed by atoms with Crippen LogP contribution in [0.5, 0.6) is 0 Å². The average molecular weight is 373 g/mol. The van der Waals surface area contributed by atoms with Crippen molar-refractivity contribution < 1.29 is 22.3 Å². The van der Waals surface area contributed by atoms with E-state index in [1.807, 2.05) is 18.2 Å². The average Bonchev–Trinajstić information content (AvgIpc) is 3.37. The van der Waals surface area contributed by atoms with E-state index in [1.54, 1.807) is 12.1 Å². The maximum atomic E-state index is 15.5. The number of nitriles is 1. The van der Waals surface area contributed by atoms with E-state index < -0.39 is 34.1 Å². The molecule has 0 amide bonds. The first kappa shape index (κ1) is 16.8. The van der Waals surface area contributed by atoms with Gasteiger partial charge in [-0.2, -0.15) is 5.26 Å². The van der Waals surface area contributed by atoms with Crippen molar-refractivity contribution in [2.24, 2.45) is 5.41 Å². The van der Waals surface area contributed by atoms with Gasteiger partial charge in [-0.1, -0.05) is 12.1 Å². The molecule has 3 saturated carbocycles.